The molecule has 1 saturated carbocycles. The third kappa shape index (κ3) is 1.29. The monoisotopic (exact) mass is 237 g/mol. The number of ether oxygens (including phenoxy) is 2. The van der Waals surface area contributed by atoms with Crippen molar-refractivity contribution in [1.82, 2.24) is 4.90 Å². The van der Waals surface area contributed by atoms with Crippen molar-refractivity contribution in [2.75, 3.05) is 7.11 Å². The molecule has 5 heteroatoms. The molecule has 0 N–H and O–H groups in total. The van der Waals surface area contributed by atoms with Crippen LogP contribution in [0.1, 0.15) is 25.7 Å². The van der Waals surface area contributed by atoms with E-state index in [1.165, 1.54) is 13.2 Å². The molecule has 2 atom stereocenters. The fourth-order valence-corrected chi connectivity index (χ4v) is 3.12. The molecule has 0 aromatic rings. The second kappa shape index (κ2) is 3.57. The van der Waals surface area contributed by atoms with Crippen LogP contribution in [0.2, 0.25) is 0 Å². The first-order chi connectivity index (χ1) is 8.19. The molecule has 17 heavy (non-hydrogen) atoms. The predicted octanol–water partition coefficient (Wildman–Crippen LogP) is 0.595. The zero-order valence-corrected chi connectivity index (χ0v) is 9.72. The number of likely N-dealkylation sites (tertiary alicyclic amines) is 1. The van der Waals surface area contributed by atoms with Gasteiger partial charge in [-0.05, 0) is 18.9 Å². The molecule has 0 radical (unpaired) electrons. The summed E-state index contributed by atoms with van der Waals surface area (Å²) in [5.41, 5.74) is -0.960. The Labute approximate surface area is 99.4 Å². The van der Waals surface area contributed by atoms with Crippen LogP contribution < -0.4 is 0 Å². The van der Waals surface area contributed by atoms with Crippen molar-refractivity contribution in [3.05, 3.63) is 12.2 Å². The summed E-state index contributed by atoms with van der Waals surface area (Å²) in [6, 6.07) is 0.185. The molecule has 92 valence electrons. The molecular formula is C12H15NO4. The van der Waals surface area contributed by atoms with Crippen LogP contribution in [0.15, 0.2) is 12.2 Å². The fourth-order valence-electron chi connectivity index (χ4n) is 3.12. The summed E-state index contributed by atoms with van der Waals surface area (Å²) in [4.78, 5) is 25.0. The number of hydrogen-bond donors (Lipinski definition) is 0. The molecule has 0 aromatic heterocycles. The normalized spacial score (nSPS) is 36.8. The van der Waals surface area contributed by atoms with Crippen LogP contribution in [0.25, 0.3) is 0 Å². The van der Waals surface area contributed by atoms with E-state index in [9.17, 15) is 9.59 Å². The van der Waals surface area contributed by atoms with E-state index in [1.807, 2.05) is 0 Å². The van der Waals surface area contributed by atoms with Gasteiger partial charge < -0.3 is 9.47 Å². The van der Waals surface area contributed by atoms with Crippen molar-refractivity contribution in [2.24, 2.45) is 0 Å². The zero-order valence-electron chi connectivity index (χ0n) is 9.72. The van der Waals surface area contributed by atoms with Gasteiger partial charge in [0, 0.05) is 19.2 Å². The topological polar surface area (TPSA) is 55.8 Å². The molecule has 5 nitrogen and oxygen atoms in total. The van der Waals surface area contributed by atoms with Crippen LogP contribution in [0.3, 0.4) is 0 Å². The average Bonchev–Trinajstić information content (AvgIpc) is 2.91. The number of carbonyl (C=O) groups excluding carboxylic acids is 2. The van der Waals surface area contributed by atoms with Gasteiger partial charge in [-0.25, -0.2) is 4.79 Å². The Morgan fingerprint density at radius 1 is 1.41 bits per heavy atom. The number of hydrogen-bond acceptors (Lipinski definition) is 4. The quantitative estimate of drug-likeness (QED) is 0.521. The summed E-state index contributed by atoms with van der Waals surface area (Å²) >= 11 is 0. The van der Waals surface area contributed by atoms with E-state index in [0.29, 0.717) is 0 Å². The molecule has 1 aliphatic carbocycles. The molecule has 1 saturated heterocycles. The zero-order chi connectivity index (χ0) is 12.0. The van der Waals surface area contributed by atoms with E-state index in [-0.39, 0.29) is 11.9 Å². The van der Waals surface area contributed by atoms with Crippen molar-refractivity contribution in [3.8, 4) is 0 Å². The van der Waals surface area contributed by atoms with Gasteiger partial charge >= 0.3 is 5.97 Å². The molecule has 0 unspecified atom stereocenters. The lowest BCUT2D eigenvalue weighted by atomic mass is 9.90. The van der Waals surface area contributed by atoms with E-state index >= 15 is 0 Å². The van der Waals surface area contributed by atoms with Gasteiger partial charge in [-0.2, -0.15) is 0 Å². The largest absolute Gasteiger partial charge is 0.428 e. The molecule has 1 spiro atoms. The number of rotatable bonds is 2. The minimum absolute atomic E-state index is 0.0706. The minimum Gasteiger partial charge on any atom is -0.428 e. The summed E-state index contributed by atoms with van der Waals surface area (Å²) in [5, 5.41) is 0. The van der Waals surface area contributed by atoms with Gasteiger partial charge in [0.1, 0.15) is 0 Å². The van der Waals surface area contributed by atoms with E-state index in [2.05, 4.69) is 0 Å². The number of methoxy groups -OCH3 is 1. The molecule has 3 aliphatic rings. The maximum atomic E-state index is 12.0. The molecule has 3 rings (SSSR count). The van der Waals surface area contributed by atoms with Gasteiger partial charge in [-0.15, -0.1) is 0 Å². The highest BCUT2D eigenvalue weighted by atomic mass is 16.6. The fraction of sp³-hybridized carbons (Fsp3) is 0.667. The van der Waals surface area contributed by atoms with E-state index in [1.54, 1.807) is 11.0 Å². The smallest absolute Gasteiger partial charge is 0.333 e. The molecular weight excluding hydrogens is 222 g/mol. The summed E-state index contributed by atoms with van der Waals surface area (Å²) in [5.74, 6) is -0.471. The number of carbonyl (C=O) groups is 2. The lowest BCUT2D eigenvalue weighted by Gasteiger charge is -2.54. The van der Waals surface area contributed by atoms with Gasteiger partial charge in [-0.1, -0.05) is 12.8 Å². The lowest BCUT2D eigenvalue weighted by molar-refractivity contribution is -0.244. The third-order valence-corrected chi connectivity index (χ3v) is 3.86. The minimum atomic E-state index is -0.960. The van der Waals surface area contributed by atoms with Crippen molar-refractivity contribution in [2.45, 2.75) is 43.6 Å². The Morgan fingerprint density at radius 2 is 2.12 bits per heavy atom. The van der Waals surface area contributed by atoms with Crippen LogP contribution in [0, 0.1) is 0 Å². The highest BCUT2D eigenvalue weighted by molar-refractivity contribution is 5.96. The van der Waals surface area contributed by atoms with Crippen LogP contribution in [-0.4, -0.2) is 41.8 Å². The van der Waals surface area contributed by atoms with E-state index in [0.717, 1.165) is 25.7 Å². The van der Waals surface area contributed by atoms with Gasteiger partial charge in [-0.3, -0.25) is 9.69 Å². The second-order valence-electron chi connectivity index (χ2n) is 4.77. The molecule has 1 amide bonds. The highest BCUT2D eigenvalue weighted by Gasteiger charge is 2.66. The summed E-state index contributed by atoms with van der Waals surface area (Å²) in [7, 11) is 1.47. The lowest BCUT2D eigenvalue weighted by Crippen LogP contribution is -2.76. The molecule has 2 aliphatic heterocycles. The van der Waals surface area contributed by atoms with Gasteiger partial charge in [0.15, 0.2) is 6.10 Å². The Bertz CT molecular complexity index is 399. The number of esters is 1. The summed E-state index contributed by atoms with van der Waals surface area (Å²) in [6.07, 6.45) is 6.57. The van der Waals surface area contributed by atoms with Crippen molar-refractivity contribution < 1.29 is 19.1 Å². The average molecular weight is 237 g/mol. The van der Waals surface area contributed by atoms with Crippen LogP contribution in [0.5, 0.6) is 0 Å². The van der Waals surface area contributed by atoms with Crippen LogP contribution in [0.4, 0.5) is 0 Å². The Balaban J connectivity index is 1.90. The van der Waals surface area contributed by atoms with E-state index < -0.39 is 17.8 Å². The van der Waals surface area contributed by atoms with Crippen LogP contribution in [-0.2, 0) is 19.1 Å². The SMILES string of the molecule is CO[C@@H]1C(=O)N(C2CCCC2)[C@]12C=CC(=O)O2. The predicted molar refractivity (Wildman–Crippen MR) is 57.9 cm³/mol. The van der Waals surface area contributed by atoms with Gasteiger partial charge in [0.25, 0.3) is 5.91 Å². The van der Waals surface area contributed by atoms with Gasteiger partial charge in [0.05, 0.1) is 0 Å². The molecule has 2 fully saturated rings. The standard InChI is InChI=1S/C12H15NO4/c1-16-10-11(15)13(8-4-2-3-5-8)12(10)7-6-9(14)17-12/h6-8,10H,2-5H2,1H3/t10-,12+/m1/s1. The Hall–Kier alpha value is -1.36. The number of amides is 1. The highest BCUT2D eigenvalue weighted by Crippen LogP contribution is 2.44. The molecule has 0 bridgehead atoms. The summed E-state index contributed by atoms with van der Waals surface area (Å²) in [6.45, 7) is 0. The van der Waals surface area contributed by atoms with Crippen molar-refractivity contribution >= 4 is 11.9 Å². The van der Waals surface area contributed by atoms with E-state index in [4.69, 9.17) is 9.47 Å². The number of nitrogens with zero attached hydrogens (tertiary/aromatic N) is 1. The third-order valence-electron chi connectivity index (χ3n) is 3.86. The number of β-lactam (4-membered cyclic amide) rings is 1. The first-order valence-corrected chi connectivity index (χ1v) is 5.97. The van der Waals surface area contributed by atoms with Gasteiger partial charge in [0.2, 0.25) is 5.72 Å². The maximum Gasteiger partial charge on any atom is 0.333 e. The molecule has 2 heterocycles. The van der Waals surface area contributed by atoms with Crippen LogP contribution >= 0.6 is 0 Å². The van der Waals surface area contributed by atoms with Crippen molar-refractivity contribution in [1.29, 1.82) is 0 Å². The first kappa shape index (κ1) is 10.8. The van der Waals surface area contributed by atoms with Crippen molar-refractivity contribution in [3.63, 3.8) is 0 Å². The second-order valence-corrected chi connectivity index (χ2v) is 4.77. The summed E-state index contributed by atoms with van der Waals surface area (Å²) < 4.78 is 10.5. The first-order valence-electron chi connectivity index (χ1n) is 5.97. The Kier molecular flexibility index (Phi) is 2.26. The molecule has 0 aromatic carbocycles. The maximum absolute atomic E-state index is 12.0. The Morgan fingerprint density at radius 3 is 2.65 bits per heavy atom.